The van der Waals surface area contributed by atoms with Crippen LogP contribution in [0.3, 0.4) is 0 Å². The van der Waals surface area contributed by atoms with Crippen LogP contribution in [0, 0.1) is 9.49 Å². The number of aromatic nitrogens is 2. The number of anilines is 1. The maximum absolute atomic E-state index is 11.3. The molecule has 1 aliphatic rings. The van der Waals surface area contributed by atoms with Crippen LogP contribution in [0.1, 0.15) is 19.8 Å². The fourth-order valence-corrected chi connectivity index (χ4v) is 2.76. The Morgan fingerprint density at radius 3 is 3.00 bits per heavy atom. The van der Waals surface area contributed by atoms with E-state index < -0.39 is 0 Å². The quantitative estimate of drug-likeness (QED) is 0.816. The molecule has 0 aliphatic carbocycles. The van der Waals surface area contributed by atoms with Gasteiger partial charge in [-0.2, -0.15) is 0 Å². The molecule has 1 amide bonds. The molecule has 2 N–H and O–H groups in total. The lowest BCUT2D eigenvalue weighted by Crippen LogP contribution is -2.46. The van der Waals surface area contributed by atoms with E-state index in [1.165, 1.54) is 6.33 Å². The van der Waals surface area contributed by atoms with Crippen molar-refractivity contribution in [1.82, 2.24) is 9.97 Å². The molecule has 1 aromatic rings. The van der Waals surface area contributed by atoms with E-state index in [0.717, 1.165) is 22.2 Å². The molecule has 6 heteroatoms. The number of hydrogen-bond donors (Lipinski definition) is 1. The third-order valence-electron chi connectivity index (χ3n) is 3.20. The SMILES string of the molecule is CC1CCC(C(N)=O)CN1c1ncncc1I. The normalized spacial score (nSPS) is 24.7. The first kappa shape index (κ1) is 12.5. The van der Waals surface area contributed by atoms with Crippen LogP contribution in [-0.4, -0.2) is 28.5 Å². The molecule has 1 aromatic heterocycles. The van der Waals surface area contributed by atoms with Crippen LogP contribution < -0.4 is 10.6 Å². The molecule has 0 radical (unpaired) electrons. The Hall–Kier alpha value is -0.920. The second-order valence-electron chi connectivity index (χ2n) is 4.37. The second kappa shape index (κ2) is 5.16. The number of primary amides is 1. The fraction of sp³-hybridized carbons (Fsp3) is 0.545. The zero-order chi connectivity index (χ0) is 12.4. The summed E-state index contributed by atoms with van der Waals surface area (Å²) >= 11 is 2.21. The van der Waals surface area contributed by atoms with Crippen LogP contribution in [0.5, 0.6) is 0 Å². The topological polar surface area (TPSA) is 72.1 Å². The molecule has 2 atom stereocenters. The summed E-state index contributed by atoms with van der Waals surface area (Å²) < 4.78 is 1.00. The van der Waals surface area contributed by atoms with Crippen LogP contribution in [-0.2, 0) is 4.79 Å². The van der Waals surface area contributed by atoms with Gasteiger partial charge in [-0.05, 0) is 42.4 Å². The van der Waals surface area contributed by atoms with Gasteiger partial charge in [0, 0.05) is 18.8 Å². The van der Waals surface area contributed by atoms with Gasteiger partial charge < -0.3 is 10.6 Å². The molecule has 0 bridgehead atoms. The summed E-state index contributed by atoms with van der Waals surface area (Å²) in [6.07, 6.45) is 5.16. The number of piperidine rings is 1. The van der Waals surface area contributed by atoms with E-state index in [-0.39, 0.29) is 11.8 Å². The summed E-state index contributed by atoms with van der Waals surface area (Å²) in [5, 5.41) is 0. The number of rotatable bonds is 2. The number of carbonyl (C=O) groups excluding carboxylic acids is 1. The third-order valence-corrected chi connectivity index (χ3v) is 3.97. The largest absolute Gasteiger partial charge is 0.369 e. The highest BCUT2D eigenvalue weighted by Gasteiger charge is 2.30. The van der Waals surface area contributed by atoms with Crippen molar-refractivity contribution in [2.24, 2.45) is 11.7 Å². The summed E-state index contributed by atoms with van der Waals surface area (Å²) in [6, 6.07) is 0.383. The highest BCUT2D eigenvalue weighted by molar-refractivity contribution is 14.1. The van der Waals surface area contributed by atoms with Gasteiger partial charge in [0.05, 0.1) is 9.49 Å². The van der Waals surface area contributed by atoms with E-state index in [1.54, 1.807) is 6.20 Å². The summed E-state index contributed by atoms with van der Waals surface area (Å²) in [7, 11) is 0. The van der Waals surface area contributed by atoms with Gasteiger partial charge in [-0.1, -0.05) is 0 Å². The molecule has 2 heterocycles. The van der Waals surface area contributed by atoms with E-state index in [2.05, 4.69) is 44.4 Å². The molecule has 2 unspecified atom stereocenters. The van der Waals surface area contributed by atoms with Crippen molar-refractivity contribution in [3.8, 4) is 0 Å². The molecular formula is C11H15IN4O. The lowest BCUT2D eigenvalue weighted by atomic mass is 9.93. The number of halogens is 1. The van der Waals surface area contributed by atoms with Gasteiger partial charge in [0.25, 0.3) is 0 Å². The number of nitrogens with zero attached hydrogens (tertiary/aromatic N) is 3. The molecule has 17 heavy (non-hydrogen) atoms. The molecule has 5 nitrogen and oxygen atoms in total. The fourth-order valence-electron chi connectivity index (χ4n) is 2.15. The molecule has 2 rings (SSSR count). The standard InChI is InChI=1S/C11H15IN4O/c1-7-2-3-8(10(13)17)5-16(7)11-9(12)4-14-6-15-11/h4,6-8H,2-3,5H2,1H3,(H2,13,17). The van der Waals surface area contributed by atoms with E-state index in [9.17, 15) is 4.79 Å². The van der Waals surface area contributed by atoms with Crippen molar-refractivity contribution in [3.05, 3.63) is 16.1 Å². The average molecular weight is 346 g/mol. The van der Waals surface area contributed by atoms with Gasteiger partial charge >= 0.3 is 0 Å². The summed E-state index contributed by atoms with van der Waals surface area (Å²) in [5.41, 5.74) is 5.39. The molecule has 92 valence electrons. The van der Waals surface area contributed by atoms with E-state index >= 15 is 0 Å². The van der Waals surface area contributed by atoms with Crippen LogP contribution in [0.2, 0.25) is 0 Å². The van der Waals surface area contributed by atoms with Crippen molar-refractivity contribution in [2.45, 2.75) is 25.8 Å². The lowest BCUT2D eigenvalue weighted by Gasteiger charge is -2.38. The Morgan fingerprint density at radius 2 is 2.35 bits per heavy atom. The van der Waals surface area contributed by atoms with Crippen LogP contribution in [0.4, 0.5) is 5.82 Å². The van der Waals surface area contributed by atoms with Crippen molar-refractivity contribution < 1.29 is 4.79 Å². The predicted molar refractivity (Wildman–Crippen MR) is 73.5 cm³/mol. The van der Waals surface area contributed by atoms with Gasteiger partial charge in [0.2, 0.25) is 5.91 Å². The van der Waals surface area contributed by atoms with Crippen molar-refractivity contribution in [3.63, 3.8) is 0 Å². The lowest BCUT2D eigenvalue weighted by molar-refractivity contribution is -0.122. The maximum Gasteiger partial charge on any atom is 0.222 e. The number of amides is 1. The molecule has 1 aliphatic heterocycles. The first-order valence-electron chi connectivity index (χ1n) is 5.61. The molecular weight excluding hydrogens is 331 g/mol. The monoisotopic (exact) mass is 346 g/mol. The minimum atomic E-state index is -0.217. The number of nitrogens with two attached hydrogens (primary N) is 1. The van der Waals surface area contributed by atoms with Gasteiger partial charge in [-0.3, -0.25) is 4.79 Å². The summed E-state index contributed by atoms with van der Waals surface area (Å²) in [6.45, 7) is 2.80. The van der Waals surface area contributed by atoms with Gasteiger partial charge in [0.1, 0.15) is 12.1 Å². The van der Waals surface area contributed by atoms with Crippen LogP contribution in [0.15, 0.2) is 12.5 Å². The zero-order valence-corrected chi connectivity index (χ0v) is 11.8. The summed E-state index contributed by atoms with van der Waals surface area (Å²) in [5.74, 6) is 0.613. The summed E-state index contributed by atoms with van der Waals surface area (Å²) in [4.78, 5) is 21.7. The Kier molecular flexibility index (Phi) is 3.80. The van der Waals surface area contributed by atoms with E-state index in [4.69, 9.17) is 5.73 Å². The van der Waals surface area contributed by atoms with Gasteiger partial charge in [-0.25, -0.2) is 9.97 Å². The first-order chi connectivity index (χ1) is 8.09. The molecule has 1 fully saturated rings. The van der Waals surface area contributed by atoms with Crippen molar-refractivity contribution >= 4 is 34.3 Å². The van der Waals surface area contributed by atoms with Gasteiger partial charge in [0.15, 0.2) is 0 Å². The predicted octanol–water partition coefficient (Wildman–Crippen LogP) is 1.17. The Balaban J connectivity index is 2.24. The van der Waals surface area contributed by atoms with Crippen molar-refractivity contribution in [2.75, 3.05) is 11.4 Å². The number of hydrogen-bond acceptors (Lipinski definition) is 4. The van der Waals surface area contributed by atoms with E-state index in [0.29, 0.717) is 12.6 Å². The first-order valence-corrected chi connectivity index (χ1v) is 6.69. The average Bonchev–Trinajstić information content (AvgIpc) is 2.30. The van der Waals surface area contributed by atoms with E-state index in [1.807, 2.05) is 0 Å². The molecule has 0 saturated carbocycles. The Labute approximate surface area is 114 Å². The van der Waals surface area contributed by atoms with Crippen LogP contribution >= 0.6 is 22.6 Å². The Morgan fingerprint density at radius 1 is 1.59 bits per heavy atom. The second-order valence-corrected chi connectivity index (χ2v) is 5.53. The third kappa shape index (κ3) is 2.67. The highest BCUT2D eigenvalue weighted by atomic mass is 127. The Bertz CT molecular complexity index is 426. The maximum atomic E-state index is 11.3. The molecule has 1 saturated heterocycles. The molecule has 0 spiro atoms. The minimum absolute atomic E-state index is 0.0723. The number of carbonyl (C=O) groups is 1. The minimum Gasteiger partial charge on any atom is -0.369 e. The molecule has 0 aromatic carbocycles. The highest BCUT2D eigenvalue weighted by Crippen LogP contribution is 2.28. The van der Waals surface area contributed by atoms with Gasteiger partial charge in [-0.15, -0.1) is 0 Å². The van der Waals surface area contributed by atoms with Crippen molar-refractivity contribution in [1.29, 1.82) is 0 Å². The van der Waals surface area contributed by atoms with Crippen LogP contribution in [0.25, 0.3) is 0 Å². The zero-order valence-electron chi connectivity index (χ0n) is 9.64. The smallest absolute Gasteiger partial charge is 0.222 e.